The van der Waals surface area contributed by atoms with Crippen LogP contribution in [0, 0.1) is 21.4 Å². The van der Waals surface area contributed by atoms with Crippen LogP contribution in [-0.4, -0.2) is 9.91 Å². The maximum atomic E-state index is 12.3. The smallest absolute Gasteiger partial charge is 0.358 e. The molecule has 0 radical (unpaired) electrons. The molecule has 0 spiro atoms. The maximum absolute atomic E-state index is 12.3. The normalized spacial score (nSPS) is 10.2. The van der Waals surface area contributed by atoms with Gasteiger partial charge in [-0.3, -0.25) is 0 Å². The second-order valence-corrected chi connectivity index (χ2v) is 2.97. The highest BCUT2D eigenvalue weighted by Gasteiger charge is 2.25. The molecule has 0 aliphatic heterocycles. The number of nitro groups is 1. The van der Waals surface area contributed by atoms with E-state index in [0.29, 0.717) is 0 Å². The number of hydrogen-bond acceptors (Lipinski definition) is 4. The summed E-state index contributed by atoms with van der Waals surface area (Å²) in [5.41, 5.74) is -1.22. The minimum atomic E-state index is -2.98. The van der Waals surface area contributed by atoms with Crippen LogP contribution in [0.15, 0.2) is 6.07 Å². The van der Waals surface area contributed by atoms with Gasteiger partial charge in [0.25, 0.3) is 0 Å². The molecule has 0 fully saturated rings. The first kappa shape index (κ1) is 12.3. The van der Waals surface area contributed by atoms with E-state index in [1.54, 1.807) is 6.07 Å². The molecule has 0 aliphatic rings. The van der Waals surface area contributed by atoms with E-state index in [0.717, 1.165) is 6.07 Å². The molecule has 8 heteroatoms. The molecular formula is C8H4ClF2N3O2. The average Bonchev–Trinajstić information content (AvgIpc) is 2.26. The Hall–Kier alpha value is -1.81. The van der Waals surface area contributed by atoms with Crippen molar-refractivity contribution in [1.29, 1.82) is 5.26 Å². The monoisotopic (exact) mass is 247 g/mol. The highest BCUT2D eigenvalue weighted by atomic mass is 35.5. The highest BCUT2D eigenvalue weighted by molar-refractivity contribution is 6.17. The van der Waals surface area contributed by atoms with Crippen LogP contribution < -0.4 is 0 Å². The molecule has 1 rings (SSSR count). The first-order valence-corrected chi connectivity index (χ1v) is 4.47. The van der Waals surface area contributed by atoms with E-state index in [4.69, 9.17) is 16.9 Å². The largest absolute Gasteiger partial charge is 0.369 e. The zero-order chi connectivity index (χ0) is 12.3. The topological polar surface area (TPSA) is 79.8 Å². The molecule has 0 unspecified atom stereocenters. The van der Waals surface area contributed by atoms with Crippen LogP contribution in [0.2, 0.25) is 0 Å². The van der Waals surface area contributed by atoms with Crippen LogP contribution in [0.4, 0.5) is 14.6 Å². The molecule has 5 nitrogen and oxygen atoms in total. The fourth-order valence-corrected chi connectivity index (χ4v) is 1.34. The lowest BCUT2D eigenvalue weighted by Gasteiger charge is -2.02. The van der Waals surface area contributed by atoms with E-state index in [1.807, 2.05) is 0 Å². The molecular weight excluding hydrogens is 244 g/mol. The van der Waals surface area contributed by atoms with E-state index >= 15 is 0 Å². The summed E-state index contributed by atoms with van der Waals surface area (Å²) in [6.07, 6.45) is -2.98. The first-order chi connectivity index (χ1) is 7.51. The number of nitriles is 1. The molecule has 0 aromatic carbocycles. The molecule has 84 valence electrons. The Bertz CT molecular complexity index is 473. The van der Waals surface area contributed by atoms with Crippen molar-refractivity contribution in [3.63, 3.8) is 0 Å². The third kappa shape index (κ3) is 2.23. The second-order valence-electron chi connectivity index (χ2n) is 2.70. The molecule has 0 aliphatic carbocycles. The van der Waals surface area contributed by atoms with Crippen LogP contribution in [0.25, 0.3) is 0 Å². The van der Waals surface area contributed by atoms with Crippen LogP contribution in [0.3, 0.4) is 0 Å². The first-order valence-electron chi connectivity index (χ1n) is 3.93. The fourth-order valence-electron chi connectivity index (χ4n) is 1.07. The zero-order valence-corrected chi connectivity index (χ0v) is 8.41. The van der Waals surface area contributed by atoms with Gasteiger partial charge in [-0.15, -0.1) is 11.6 Å². The van der Waals surface area contributed by atoms with Gasteiger partial charge in [-0.25, -0.2) is 8.78 Å². The summed E-state index contributed by atoms with van der Waals surface area (Å²) in [6.45, 7) is 0. The SMILES string of the molecule is N#Cc1cc(C(F)F)nc([N+](=O)[O-])c1CCl. The Balaban J connectivity index is 3.51. The van der Waals surface area contributed by atoms with Crippen LogP contribution in [0.5, 0.6) is 0 Å². The van der Waals surface area contributed by atoms with Gasteiger partial charge >= 0.3 is 12.2 Å². The lowest BCUT2D eigenvalue weighted by molar-refractivity contribution is -0.390. The van der Waals surface area contributed by atoms with Crippen LogP contribution in [0.1, 0.15) is 23.2 Å². The lowest BCUT2D eigenvalue weighted by Crippen LogP contribution is -2.04. The molecule has 0 saturated heterocycles. The Kier molecular flexibility index (Phi) is 3.68. The summed E-state index contributed by atoms with van der Waals surface area (Å²) in [4.78, 5) is 12.8. The van der Waals surface area contributed by atoms with Crippen molar-refractivity contribution in [2.45, 2.75) is 12.3 Å². The molecule has 1 aromatic heterocycles. The molecule has 0 amide bonds. The third-order valence-electron chi connectivity index (χ3n) is 1.77. The summed E-state index contributed by atoms with van der Waals surface area (Å²) >= 11 is 5.41. The predicted octanol–water partition coefficient (Wildman–Crippen LogP) is 2.54. The zero-order valence-electron chi connectivity index (χ0n) is 7.65. The summed E-state index contributed by atoms with van der Waals surface area (Å²) < 4.78 is 24.7. The number of aromatic nitrogens is 1. The molecule has 0 atom stereocenters. The number of alkyl halides is 3. The van der Waals surface area contributed by atoms with E-state index in [2.05, 4.69) is 4.98 Å². The van der Waals surface area contributed by atoms with E-state index < -0.39 is 22.9 Å². The fraction of sp³-hybridized carbons (Fsp3) is 0.250. The summed E-state index contributed by atoms with van der Waals surface area (Å²) in [5, 5.41) is 19.2. The van der Waals surface area contributed by atoms with Crippen molar-refractivity contribution in [2.24, 2.45) is 0 Å². The Morgan fingerprint density at radius 2 is 2.31 bits per heavy atom. The summed E-state index contributed by atoms with van der Waals surface area (Å²) in [7, 11) is 0. The summed E-state index contributed by atoms with van der Waals surface area (Å²) in [5.74, 6) is -1.14. The maximum Gasteiger partial charge on any atom is 0.369 e. The molecule has 1 heterocycles. The van der Waals surface area contributed by atoms with Gasteiger partial charge in [0.2, 0.25) is 5.69 Å². The highest BCUT2D eigenvalue weighted by Crippen LogP contribution is 2.27. The van der Waals surface area contributed by atoms with Gasteiger partial charge in [0.15, 0.2) is 0 Å². The van der Waals surface area contributed by atoms with Crippen LogP contribution >= 0.6 is 11.6 Å². The minimum Gasteiger partial charge on any atom is -0.358 e. The summed E-state index contributed by atoms with van der Waals surface area (Å²) in [6, 6.07) is 2.38. The standard InChI is InChI=1S/C8H4ClF2N3O2/c9-2-5-4(3-12)1-6(7(10)11)13-8(5)14(15)16/h1,7H,2H2. The van der Waals surface area contributed by atoms with Gasteiger partial charge in [0, 0.05) is 6.07 Å². The molecule has 0 N–H and O–H groups in total. The van der Waals surface area contributed by atoms with Gasteiger partial charge in [-0.05, 0) is 9.91 Å². The number of nitrogens with zero attached hydrogens (tertiary/aromatic N) is 3. The number of halogens is 3. The van der Waals surface area contributed by atoms with Gasteiger partial charge < -0.3 is 10.1 Å². The Morgan fingerprint density at radius 1 is 1.69 bits per heavy atom. The number of pyridine rings is 1. The van der Waals surface area contributed by atoms with Crippen molar-refractivity contribution >= 4 is 17.4 Å². The third-order valence-corrected chi connectivity index (χ3v) is 2.04. The average molecular weight is 248 g/mol. The van der Waals surface area contributed by atoms with Gasteiger partial charge in [0.05, 0.1) is 23.1 Å². The van der Waals surface area contributed by atoms with E-state index in [1.165, 1.54) is 0 Å². The van der Waals surface area contributed by atoms with Gasteiger partial charge in [0.1, 0.15) is 0 Å². The molecule has 16 heavy (non-hydrogen) atoms. The van der Waals surface area contributed by atoms with Gasteiger partial charge in [-0.2, -0.15) is 5.26 Å². The van der Waals surface area contributed by atoms with Crippen molar-refractivity contribution in [2.75, 3.05) is 0 Å². The van der Waals surface area contributed by atoms with E-state index in [9.17, 15) is 18.9 Å². The molecule has 0 saturated carbocycles. The van der Waals surface area contributed by atoms with Crippen LogP contribution in [-0.2, 0) is 5.88 Å². The van der Waals surface area contributed by atoms with Gasteiger partial charge in [-0.1, -0.05) is 0 Å². The molecule has 0 bridgehead atoms. The van der Waals surface area contributed by atoms with Crippen molar-refractivity contribution in [3.8, 4) is 6.07 Å². The Morgan fingerprint density at radius 3 is 2.69 bits per heavy atom. The lowest BCUT2D eigenvalue weighted by atomic mass is 10.1. The van der Waals surface area contributed by atoms with Crippen molar-refractivity contribution in [3.05, 3.63) is 33.0 Å². The molecule has 1 aromatic rings. The minimum absolute atomic E-state index is 0.154. The van der Waals surface area contributed by atoms with E-state index in [-0.39, 0.29) is 17.0 Å². The van der Waals surface area contributed by atoms with Crippen molar-refractivity contribution < 1.29 is 13.7 Å². The number of hydrogen-bond donors (Lipinski definition) is 0. The predicted molar refractivity (Wildman–Crippen MR) is 50.1 cm³/mol. The van der Waals surface area contributed by atoms with Crippen molar-refractivity contribution in [1.82, 2.24) is 4.98 Å². The number of rotatable bonds is 3. The second kappa shape index (κ2) is 4.81. The Labute approximate surface area is 93.4 Å². The quantitative estimate of drug-likeness (QED) is 0.467.